The van der Waals surface area contributed by atoms with Crippen molar-refractivity contribution in [2.24, 2.45) is 22.7 Å². The molecule has 3 atom stereocenters. The lowest BCUT2D eigenvalue weighted by Gasteiger charge is -2.58. The van der Waals surface area contributed by atoms with Gasteiger partial charge in [-0.3, -0.25) is 4.79 Å². The Morgan fingerprint density at radius 2 is 2.00 bits per heavy atom. The maximum absolute atomic E-state index is 12.8. The normalized spacial score (nSPS) is 35.3. The Hall–Kier alpha value is -0.800. The summed E-state index contributed by atoms with van der Waals surface area (Å²) in [6, 6.07) is 0. The maximum atomic E-state index is 12.8. The van der Waals surface area contributed by atoms with Crippen LogP contribution in [0.1, 0.15) is 53.4 Å². The number of esters is 1. The Morgan fingerprint density at radius 1 is 1.33 bits per heavy atom. The number of ether oxygens (including phenoxy) is 1. The quantitative estimate of drug-likeness (QED) is 0.710. The van der Waals surface area contributed by atoms with Crippen LogP contribution in [0.3, 0.4) is 0 Å². The van der Waals surface area contributed by atoms with Crippen molar-refractivity contribution in [3.05, 3.63) is 23.3 Å². The highest BCUT2D eigenvalue weighted by atomic mass is 35.5. The second-order valence-corrected chi connectivity index (χ2v) is 9.41. The number of allylic oxidation sites excluding steroid dienone is 4. The number of carbonyl (C=O) groups excluding carboxylic acids is 1. The summed E-state index contributed by atoms with van der Waals surface area (Å²) < 4.78 is 5.72. The second kappa shape index (κ2) is 6.17. The molecule has 1 aliphatic heterocycles. The molecule has 0 aromatic carbocycles. The van der Waals surface area contributed by atoms with Crippen LogP contribution in [0.25, 0.3) is 0 Å². The van der Waals surface area contributed by atoms with E-state index in [9.17, 15) is 4.79 Å². The molecule has 3 rings (SSSR count). The fraction of sp³-hybridized carbons (Fsp3) is 0.750. The highest BCUT2D eigenvalue weighted by molar-refractivity contribution is 6.31. The summed E-state index contributed by atoms with van der Waals surface area (Å²) in [4.78, 5) is 12.8. The monoisotopic (exact) mass is 351 g/mol. The van der Waals surface area contributed by atoms with E-state index in [0.717, 1.165) is 43.8 Å². The molecule has 0 radical (unpaired) electrons. The van der Waals surface area contributed by atoms with E-state index < -0.39 is 5.60 Å². The summed E-state index contributed by atoms with van der Waals surface area (Å²) in [5.74, 6) is 0.302. The molecule has 134 valence electrons. The van der Waals surface area contributed by atoms with Crippen LogP contribution in [0.15, 0.2) is 23.3 Å². The van der Waals surface area contributed by atoms with Crippen molar-refractivity contribution in [2.75, 3.05) is 13.1 Å². The number of halogens is 1. The molecule has 0 bridgehead atoms. The van der Waals surface area contributed by atoms with Crippen molar-refractivity contribution in [1.82, 2.24) is 5.32 Å². The van der Waals surface area contributed by atoms with Crippen LogP contribution in [-0.2, 0) is 9.53 Å². The van der Waals surface area contributed by atoms with Gasteiger partial charge in [-0.15, -0.1) is 0 Å². The standard InChI is InChI=1S/C20H30ClNO2/c1-18(2,3)24-17(23)14-11-15-5-6-16(21)13-19(15,4)20(12-14)7-9-22-10-8-20/h5-6,13-15,22H,7-12H2,1-4H3. The number of fused-ring (bicyclic) bond motifs is 2. The zero-order chi connectivity index (χ0) is 17.6. The van der Waals surface area contributed by atoms with Crippen molar-refractivity contribution in [1.29, 1.82) is 0 Å². The Bertz CT molecular complexity index is 569. The van der Waals surface area contributed by atoms with Crippen molar-refractivity contribution >= 4 is 17.6 Å². The molecule has 1 spiro atoms. The van der Waals surface area contributed by atoms with E-state index in [-0.39, 0.29) is 22.7 Å². The first-order valence-electron chi connectivity index (χ1n) is 9.15. The molecular formula is C20H30ClNO2. The van der Waals surface area contributed by atoms with E-state index in [4.69, 9.17) is 16.3 Å². The third-order valence-electron chi connectivity index (χ3n) is 6.31. The predicted octanol–water partition coefficient (Wildman–Crippen LogP) is 4.42. The molecular weight excluding hydrogens is 322 g/mol. The summed E-state index contributed by atoms with van der Waals surface area (Å²) in [5.41, 5.74) is -0.280. The second-order valence-electron chi connectivity index (χ2n) is 8.98. The first-order chi connectivity index (χ1) is 11.2. The van der Waals surface area contributed by atoms with Gasteiger partial charge in [0.15, 0.2) is 0 Å². The predicted molar refractivity (Wildman–Crippen MR) is 97.8 cm³/mol. The van der Waals surface area contributed by atoms with Crippen LogP contribution in [0, 0.1) is 22.7 Å². The average molecular weight is 352 g/mol. The Kier molecular flexibility index (Phi) is 4.63. The third-order valence-corrected chi connectivity index (χ3v) is 6.55. The first kappa shape index (κ1) is 18.0. The smallest absolute Gasteiger partial charge is 0.309 e. The van der Waals surface area contributed by atoms with Crippen LogP contribution in [-0.4, -0.2) is 24.7 Å². The number of hydrogen-bond donors (Lipinski definition) is 1. The van der Waals surface area contributed by atoms with Gasteiger partial charge in [-0.1, -0.05) is 30.7 Å². The topological polar surface area (TPSA) is 38.3 Å². The molecule has 3 aliphatic rings. The fourth-order valence-corrected chi connectivity index (χ4v) is 5.31. The lowest BCUT2D eigenvalue weighted by atomic mass is 9.46. The van der Waals surface area contributed by atoms with Crippen molar-refractivity contribution in [2.45, 2.75) is 59.0 Å². The molecule has 3 unspecified atom stereocenters. The van der Waals surface area contributed by atoms with Gasteiger partial charge in [0.1, 0.15) is 5.60 Å². The zero-order valence-electron chi connectivity index (χ0n) is 15.3. The third kappa shape index (κ3) is 3.17. The molecule has 2 fully saturated rings. The summed E-state index contributed by atoms with van der Waals surface area (Å²) in [6.45, 7) is 10.2. The first-order valence-corrected chi connectivity index (χ1v) is 9.53. The number of nitrogens with one attached hydrogen (secondary N) is 1. The molecule has 0 aromatic rings. The Morgan fingerprint density at radius 3 is 2.62 bits per heavy atom. The molecule has 1 heterocycles. The molecule has 1 saturated heterocycles. The van der Waals surface area contributed by atoms with Crippen LogP contribution >= 0.6 is 11.6 Å². The van der Waals surface area contributed by atoms with E-state index in [0.29, 0.717) is 5.92 Å². The van der Waals surface area contributed by atoms with Crippen molar-refractivity contribution < 1.29 is 9.53 Å². The lowest BCUT2D eigenvalue weighted by molar-refractivity contribution is -0.167. The van der Waals surface area contributed by atoms with Crippen LogP contribution in [0.2, 0.25) is 0 Å². The van der Waals surface area contributed by atoms with Crippen LogP contribution in [0.4, 0.5) is 0 Å². The van der Waals surface area contributed by atoms with Gasteiger partial charge in [0, 0.05) is 5.03 Å². The molecule has 0 amide bonds. The van der Waals surface area contributed by atoms with E-state index in [2.05, 4.69) is 24.4 Å². The van der Waals surface area contributed by atoms with E-state index >= 15 is 0 Å². The number of piperidine rings is 1. The number of carbonyl (C=O) groups is 1. The highest BCUT2D eigenvalue weighted by Gasteiger charge is 2.57. The Balaban J connectivity index is 1.92. The molecule has 0 aromatic heterocycles. The summed E-state index contributed by atoms with van der Waals surface area (Å²) in [6.07, 6.45) is 10.4. The molecule has 4 heteroatoms. The minimum atomic E-state index is -0.426. The van der Waals surface area contributed by atoms with Crippen molar-refractivity contribution in [3.8, 4) is 0 Å². The van der Waals surface area contributed by atoms with Crippen molar-refractivity contribution in [3.63, 3.8) is 0 Å². The number of rotatable bonds is 1. The van der Waals surface area contributed by atoms with Crippen LogP contribution < -0.4 is 5.32 Å². The van der Waals surface area contributed by atoms with Gasteiger partial charge in [0.25, 0.3) is 0 Å². The Labute approximate surface area is 150 Å². The van der Waals surface area contributed by atoms with Gasteiger partial charge >= 0.3 is 5.97 Å². The molecule has 1 saturated carbocycles. The largest absolute Gasteiger partial charge is 0.460 e. The minimum Gasteiger partial charge on any atom is -0.460 e. The van der Waals surface area contributed by atoms with Gasteiger partial charge in [-0.05, 0) is 82.4 Å². The van der Waals surface area contributed by atoms with Gasteiger partial charge in [0.2, 0.25) is 0 Å². The summed E-state index contributed by atoms with van der Waals surface area (Å²) >= 11 is 6.38. The van der Waals surface area contributed by atoms with Gasteiger partial charge in [-0.25, -0.2) is 0 Å². The van der Waals surface area contributed by atoms with Crippen LogP contribution in [0.5, 0.6) is 0 Å². The summed E-state index contributed by atoms with van der Waals surface area (Å²) in [5, 5.41) is 4.31. The number of hydrogen-bond acceptors (Lipinski definition) is 3. The lowest BCUT2D eigenvalue weighted by Crippen LogP contribution is -2.55. The average Bonchev–Trinajstić information content (AvgIpc) is 2.47. The van der Waals surface area contributed by atoms with E-state index in [1.54, 1.807) is 0 Å². The highest BCUT2D eigenvalue weighted by Crippen LogP contribution is 2.62. The molecule has 2 aliphatic carbocycles. The zero-order valence-corrected chi connectivity index (χ0v) is 16.1. The molecule has 3 nitrogen and oxygen atoms in total. The van der Waals surface area contributed by atoms with E-state index in [1.807, 2.05) is 26.8 Å². The minimum absolute atomic E-state index is 0.0182. The molecule has 24 heavy (non-hydrogen) atoms. The van der Waals surface area contributed by atoms with Gasteiger partial charge in [0.05, 0.1) is 5.92 Å². The fourth-order valence-electron chi connectivity index (χ4n) is 5.01. The SMILES string of the molecule is CC(C)(C)OC(=O)C1CC2C=CC(Cl)=CC2(C)C2(CCNCC2)C1. The van der Waals surface area contributed by atoms with Gasteiger partial charge < -0.3 is 10.1 Å². The van der Waals surface area contributed by atoms with E-state index in [1.165, 1.54) is 0 Å². The van der Waals surface area contributed by atoms with Gasteiger partial charge in [-0.2, -0.15) is 0 Å². The maximum Gasteiger partial charge on any atom is 0.309 e. The molecule has 1 N–H and O–H groups in total. The summed E-state index contributed by atoms with van der Waals surface area (Å²) in [7, 11) is 0.